The molecule has 2 aliphatic rings. The Morgan fingerprint density at radius 3 is 2.60 bits per heavy atom. The Morgan fingerprint density at radius 1 is 1.02 bits per heavy atom. The first kappa shape index (κ1) is 26.6. The first-order valence-corrected chi connectivity index (χ1v) is 14.9. The predicted molar refractivity (Wildman–Crippen MR) is 168 cm³/mol. The number of nitrogens with two attached hydrogens (primary N) is 1. The number of aromatic nitrogens is 3. The van der Waals surface area contributed by atoms with Crippen LogP contribution in [0.15, 0.2) is 79.1 Å². The van der Waals surface area contributed by atoms with Crippen molar-refractivity contribution in [1.82, 2.24) is 19.9 Å². The summed E-state index contributed by atoms with van der Waals surface area (Å²) >= 11 is 0. The smallest absolute Gasteiger partial charge is 0.255 e. The number of hydrogen-bond donors (Lipinski definition) is 3. The van der Waals surface area contributed by atoms with Gasteiger partial charge in [-0.25, -0.2) is 9.97 Å². The van der Waals surface area contributed by atoms with Crippen LogP contribution in [0.5, 0.6) is 0 Å². The number of nitrogens with zero attached hydrogens (tertiary/aromatic N) is 3. The summed E-state index contributed by atoms with van der Waals surface area (Å²) in [6.07, 6.45) is 6.38. The van der Waals surface area contributed by atoms with Gasteiger partial charge in [-0.3, -0.25) is 9.69 Å². The number of likely N-dealkylation sites (tertiary alicyclic amines) is 1. The number of carbonyl (C=O) groups is 1. The zero-order chi connectivity index (χ0) is 28.6. The van der Waals surface area contributed by atoms with Crippen molar-refractivity contribution in [2.45, 2.75) is 51.1 Å². The summed E-state index contributed by atoms with van der Waals surface area (Å²) in [5, 5.41) is 4.06. The average Bonchev–Trinajstić information content (AvgIpc) is 3.76. The lowest BCUT2D eigenvalue weighted by atomic mass is 10.0. The van der Waals surface area contributed by atoms with E-state index in [4.69, 9.17) is 5.73 Å². The molecule has 1 saturated carbocycles. The maximum absolute atomic E-state index is 13.1. The molecule has 7 heteroatoms. The van der Waals surface area contributed by atoms with E-state index in [2.05, 4.69) is 67.6 Å². The Balaban J connectivity index is 1.12. The fourth-order valence-electron chi connectivity index (χ4n) is 6.14. The van der Waals surface area contributed by atoms with Crippen LogP contribution in [-0.2, 0) is 6.54 Å². The lowest BCUT2D eigenvalue weighted by molar-refractivity contribution is 0.102. The molecule has 0 radical (unpaired) electrons. The van der Waals surface area contributed by atoms with Crippen LogP contribution in [0.3, 0.4) is 0 Å². The molecule has 3 heterocycles. The third kappa shape index (κ3) is 5.45. The summed E-state index contributed by atoms with van der Waals surface area (Å²) in [4.78, 5) is 28.2. The van der Waals surface area contributed by atoms with Crippen molar-refractivity contribution >= 4 is 22.6 Å². The zero-order valence-corrected chi connectivity index (χ0v) is 23.9. The number of benzene rings is 3. The van der Waals surface area contributed by atoms with Crippen molar-refractivity contribution < 1.29 is 4.79 Å². The van der Waals surface area contributed by atoms with E-state index in [9.17, 15) is 4.79 Å². The van der Waals surface area contributed by atoms with Crippen molar-refractivity contribution in [2.75, 3.05) is 18.4 Å². The normalized spacial score (nSPS) is 17.4. The van der Waals surface area contributed by atoms with Gasteiger partial charge in [-0.15, -0.1) is 0 Å². The Morgan fingerprint density at radius 2 is 1.83 bits per heavy atom. The quantitative estimate of drug-likeness (QED) is 0.208. The van der Waals surface area contributed by atoms with E-state index in [0.29, 0.717) is 11.5 Å². The first-order valence-electron chi connectivity index (χ1n) is 14.9. The lowest BCUT2D eigenvalue weighted by Gasteiger charge is -2.30. The van der Waals surface area contributed by atoms with E-state index in [-0.39, 0.29) is 11.9 Å². The van der Waals surface area contributed by atoms with Gasteiger partial charge in [0.25, 0.3) is 5.91 Å². The molecule has 212 valence electrons. The Bertz CT molecular complexity index is 1740. The van der Waals surface area contributed by atoms with Crippen LogP contribution in [0.25, 0.3) is 33.5 Å². The van der Waals surface area contributed by atoms with E-state index >= 15 is 0 Å². The molecule has 2 fully saturated rings. The third-order valence-corrected chi connectivity index (χ3v) is 8.70. The molecule has 7 rings (SSSR count). The number of carbonyl (C=O) groups excluding carboxylic acids is 1. The van der Waals surface area contributed by atoms with Gasteiger partial charge in [0.2, 0.25) is 0 Å². The second-order valence-corrected chi connectivity index (χ2v) is 11.8. The number of nitrogens with one attached hydrogen (secondary N) is 2. The molecule has 42 heavy (non-hydrogen) atoms. The molecule has 0 spiro atoms. The minimum absolute atomic E-state index is 0.110. The van der Waals surface area contributed by atoms with Gasteiger partial charge in [-0.1, -0.05) is 48.5 Å². The summed E-state index contributed by atoms with van der Waals surface area (Å²) in [5.74, 6) is 0.560. The molecule has 1 unspecified atom stereocenters. The van der Waals surface area contributed by atoms with Gasteiger partial charge in [-0.05, 0) is 91.6 Å². The number of fused-ring (bicyclic) bond motifs is 1. The first-order chi connectivity index (χ1) is 20.5. The minimum Gasteiger partial charge on any atom is -0.339 e. The fourth-order valence-corrected chi connectivity index (χ4v) is 6.14. The van der Waals surface area contributed by atoms with Crippen molar-refractivity contribution in [2.24, 2.45) is 5.73 Å². The summed E-state index contributed by atoms with van der Waals surface area (Å²) in [6, 6.07) is 25.1. The second kappa shape index (κ2) is 11.2. The SMILES string of the molecule is Cc1c(NC(=O)c2ccc(C3CC3)cc2)cccc1-c1ncnc2[nH]c(-c3ccc(CN4CCCC(N)C4)cc3)cc12. The number of hydrogen-bond acceptors (Lipinski definition) is 5. The zero-order valence-electron chi connectivity index (χ0n) is 23.9. The highest BCUT2D eigenvalue weighted by molar-refractivity contribution is 6.05. The van der Waals surface area contributed by atoms with Crippen LogP contribution in [0.2, 0.25) is 0 Å². The molecule has 7 nitrogen and oxygen atoms in total. The highest BCUT2D eigenvalue weighted by Crippen LogP contribution is 2.40. The standard InChI is InChI=1S/C35H36N6O/c1-22-29(5-2-6-31(22)40-35(42)27-15-13-25(14-16-27)24-11-12-24)33-30-18-32(39-34(30)38-21-37-33)26-9-7-23(8-10-26)19-41-17-3-4-28(36)20-41/h2,5-10,13-16,18,21,24,28H,3-4,11-12,17,19-20,36H2,1H3,(H,40,42)(H,37,38,39). The molecule has 1 saturated heterocycles. The Labute approximate surface area is 246 Å². The second-order valence-electron chi connectivity index (χ2n) is 11.8. The van der Waals surface area contributed by atoms with Crippen molar-refractivity contribution in [1.29, 1.82) is 0 Å². The monoisotopic (exact) mass is 556 g/mol. The molecule has 1 aliphatic carbocycles. The van der Waals surface area contributed by atoms with E-state index in [1.165, 1.54) is 30.4 Å². The largest absolute Gasteiger partial charge is 0.339 e. The van der Waals surface area contributed by atoms with Crippen molar-refractivity contribution in [3.05, 3.63) is 101 Å². The molecular weight excluding hydrogens is 520 g/mol. The van der Waals surface area contributed by atoms with Crippen molar-refractivity contribution in [3.8, 4) is 22.5 Å². The van der Waals surface area contributed by atoms with Crippen LogP contribution in [-0.4, -0.2) is 44.9 Å². The summed E-state index contributed by atoms with van der Waals surface area (Å²) in [6.45, 7) is 5.02. The molecule has 2 aromatic heterocycles. The summed E-state index contributed by atoms with van der Waals surface area (Å²) in [7, 11) is 0. The van der Waals surface area contributed by atoms with Gasteiger partial charge in [0.05, 0.1) is 5.69 Å². The predicted octanol–water partition coefficient (Wildman–Crippen LogP) is 6.65. The highest BCUT2D eigenvalue weighted by atomic mass is 16.1. The van der Waals surface area contributed by atoms with E-state index in [0.717, 1.165) is 70.9 Å². The van der Waals surface area contributed by atoms with Crippen LogP contribution in [0, 0.1) is 6.92 Å². The molecule has 0 bridgehead atoms. The van der Waals surface area contributed by atoms with Crippen LogP contribution < -0.4 is 11.1 Å². The van der Waals surface area contributed by atoms with Gasteiger partial charge in [0, 0.05) is 47.0 Å². The maximum Gasteiger partial charge on any atom is 0.255 e. The Kier molecular flexibility index (Phi) is 7.06. The number of rotatable bonds is 7. The Hall–Kier alpha value is -4.33. The van der Waals surface area contributed by atoms with Gasteiger partial charge in [-0.2, -0.15) is 0 Å². The molecule has 1 aliphatic heterocycles. The van der Waals surface area contributed by atoms with E-state index in [1.54, 1.807) is 6.33 Å². The fraction of sp³-hybridized carbons (Fsp3) is 0.286. The number of anilines is 1. The van der Waals surface area contributed by atoms with Gasteiger partial charge in [0.15, 0.2) is 0 Å². The van der Waals surface area contributed by atoms with Gasteiger partial charge < -0.3 is 16.0 Å². The van der Waals surface area contributed by atoms with Gasteiger partial charge >= 0.3 is 0 Å². The molecule has 3 aromatic carbocycles. The summed E-state index contributed by atoms with van der Waals surface area (Å²) < 4.78 is 0. The van der Waals surface area contributed by atoms with Crippen LogP contribution in [0.4, 0.5) is 5.69 Å². The van der Waals surface area contributed by atoms with Crippen LogP contribution in [0.1, 0.15) is 58.6 Å². The third-order valence-electron chi connectivity index (χ3n) is 8.70. The average molecular weight is 557 g/mol. The lowest BCUT2D eigenvalue weighted by Crippen LogP contribution is -2.42. The molecule has 4 N–H and O–H groups in total. The molecule has 1 atom stereocenters. The number of piperidine rings is 1. The number of H-pyrrole nitrogens is 1. The topological polar surface area (TPSA) is 99.9 Å². The van der Waals surface area contributed by atoms with E-state index < -0.39 is 0 Å². The highest BCUT2D eigenvalue weighted by Gasteiger charge is 2.23. The molecular formula is C35H36N6O. The number of aromatic amines is 1. The van der Waals surface area contributed by atoms with Gasteiger partial charge in [0.1, 0.15) is 12.0 Å². The van der Waals surface area contributed by atoms with Crippen LogP contribution >= 0.6 is 0 Å². The van der Waals surface area contributed by atoms with E-state index in [1.807, 2.05) is 37.3 Å². The maximum atomic E-state index is 13.1. The molecule has 1 amide bonds. The minimum atomic E-state index is -0.110. The number of amides is 1. The van der Waals surface area contributed by atoms with Crippen molar-refractivity contribution in [3.63, 3.8) is 0 Å². The molecule has 5 aromatic rings. The summed E-state index contributed by atoms with van der Waals surface area (Å²) in [5.41, 5.74) is 15.9.